The zero-order chi connectivity index (χ0) is 9.42. The van der Waals surface area contributed by atoms with Crippen molar-refractivity contribution in [3.05, 3.63) is 10.0 Å². The largest absolute Gasteiger partial charge is 0.347 e. The molecule has 1 aromatic rings. The molecule has 1 fully saturated rings. The van der Waals surface area contributed by atoms with Crippen molar-refractivity contribution in [3.8, 4) is 6.07 Å². The molecule has 0 unspecified atom stereocenters. The zero-order valence-corrected chi connectivity index (χ0v) is 8.69. The van der Waals surface area contributed by atoms with Gasteiger partial charge in [0.25, 0.3) is 0 Å². The smallest absolute Gasteiger partial charge is 0.188 e. The van der Waals surface area contributed by atoms with Gasteiger partial charge in [-0.2, -0.15) is 5.26 Å². The summed E-state index contributed by atoms with van der Waals surface area (Å²) in [5.74, 6) is 0.730. The van der Waals surface area contributed by atoms with Crippen molar-refractivity contribution in [1.82, 2.24) is 4.98 Å². The van der Waals surface area contributed by atoms with E-state index in [4.69, 9.17) is 16.9 Å². The lowest BCUT2D eigenvalue weighted by molar-refractivity contribution is 0.446. The van der Waals surface area contributed by atoms with Gasteiger partial charge in [-0.05, 0) is 5.92 Å². The molecule has 0 radical (unpaired) electrons. The fourth-order valence-corrected chi connectivity index (χ4v) is 2.41. The standard InChI is InChI=1S/C8H8ClN3S/c1-5-3-12(4-5)8-11-7(9)6(2-10)13-8/h5H,3-4H2,1H3. The van der Waals surface area contributed by atoms with Crippen LogP contribution in [0.2, 0.25) is 5.15 Å². The second-order valence-electron chi connectivity index (χ2n) is 3.24. The monoisotopic (exact) mass is 213 g/mol. The van der Waals surface area contributed by atoms with Crippen LogP contribution in [0.5, 0.6) is 0 Å². The van der Waals surface area contributed by atoms with Crippen LogP contribution in [0.1, 0.15) is 11.8 Å². The molecule has 3 nitrogen and oxygen atoms in total. The van der Waals surface area contributed by atoms with Gasteiger partial charge in [-0.3, -0.25) is 0 Å². The highest BCUT2D eigenvalue weighted by molar-refractivity contribution is 7.16. The first-order valence-electron chi connectivity index (χ1n) is 4.02. The molecule has 0 aliphatic carbocycles. The number of aromatic nitrogens is 1. The predicted molar refractivity (Wildman–Crippen MR) is 53.2 cm³/mol. The maximum atomic E-state index is 8.67. The second-order valence-corrected chi connectivity index (χ2v) is 4.57. The lowest BCUT2D eigenvalue weighted by Gasteiger charge is -2.36. The molecule has 0 spiro atoms. The number of hydrogen-bond acceptors (Lipinski definition) is 4. The topological polar surface area (TPSA) is 39.9 Å². The first-order valence-corrected chi connectivity index (χ1v) is 5.21. The molecule has 0 aromatic carbocycles. The minimum absolute atomic E-state index is 0.335. The second kappa shape index (κ2) is 3.17. The number of rotatable bonds is 1. The van der Waals surface area contributed by atoms with Crippen LogP contribution in [-0.2, 0) is 0 Å². The minimum Gasteiger partial charge on any atom is -0.347 e. The van der Waals surface area contributed by atoms with Crippen molar-refractivity contribution >= 4 is 28.1 Å². The molecule has 1 aliphatic heterocycles. The fourth-order valence-electron chi connectivity index (χ4n) is 1.35. The van der Waals surface area contributed by atoms with E-state index in [2.05, 4.69) is 16.8 Å². The molecule has 13 heavy (non-hydrogen) atoms. The van der Waals surface area contributed by atoms with Crippen LogP contribution in [0.15, 0.2) is 0 Å². The van der Waals surface area contributed by atoms with Crippen molar-refractivity contribution in [3.63, 3.8) is 0 Å². The Bertz CT molecular complexity index is 362. The molecule has 2 rings (SSSR count). The number of halogens is 1. The number of nitrogens with zero attached hydrogens (tertiary/aromatic N) is 3. The lowest BCUT2D eigenvalue weighted by Crippen LogP contribution is -2.45. The summed E-state index contributed by atoms with van der Waals surface area (Å²) in [6.45, 7) is 4.24. The van der Waals surface area contributed by atoms with E-state index in [-0.39, 0.29) is 0 Å². The van der Waals surface area contributed by atoms with E-state index >= 15 is 0 Å². The summed E-state index contributed by atoms with van der Waals surface area (Å²) >= 11 is 7.12. The third kappa shape index (κ3) is 1.50. The van der Waals surface area contributed by atoms with E-state index in [1.54, 1.807) is 0 Å². The van der Waals surface area contributed by atoms with Gasteiger partial charge in [-0.25, -0.2) is 4.98 Å². The van der Waals surface area contributed by atoms with Crippen molar-refractivity contribution in [1.29, 1.82) is 5.26 Å². The average Bonchev–Trinajstić information content (AvgIpc) is 2.41. The normalized spacial score (nSPS) is 16.8. The quantitative estimate of drug-likeness (QED) is 0.718. The summed E-state index contributed by atoms with van der Waals surface area (Å²) in [4.78, 5) is 6.78. The van der Waals surface area contributed by atoms with Gasteiger partial charge in [-0.15, -0.1) is 0 Å². The van der Waals surface area contributed by atoms with Crippen LogP contribution < -0.4 is 4.90 Å². The lowest BCUT2D eigenvalue weighted by atomic mass is 10.0. The van der Waals surface area contributed by atoms with Gasteiger partial charge in [0.05, 0.1) is 0 Å². The maximum Gasteiger partial charge on any atom is 0.188 e. The summed E-state index contributed by atoms with van der Waals surface area (Å²) in [5, 5.41) is 9.88. The van der Waals surface area contributed by atoms with Gasteiger partial charge in [0, 0.05) is 13.1 Å². The summed E-state index contributed by atoms with van der Waals surface area (Å²) in [6, 6.07) is 2.03. The molecule has 1 aliphatic rings. The van der Waals surface area contributed by atoms with Crippen LogP contribution in [0, 0.1) is 17.2 Å². The van der Waals surface area contributed by atoms with Gasteiger partial charge in [0.2, 0.25) is 0 Å². The predicted octanol–water partition coefficient (Wildman–Crippen LogP) is 2.12. The van der Waals surface area contributed by atoms with Crippen LogP contribution in [-0.4, -0.2) is 18.1 Å². The Morgan fingerprint density at radius 1 is 1.69 bits per heavy atom. The maximum absolute atomic E-state index is 8.67. The number of hydrogen-bond donors (Lipinski definition) is 0. The molecule has 0 amide bonds. The number of anilines is 1. The molecule has 0 atom stereocenters. The Morgan fingerprint density at radius 3 is 2.85 bits per heavy atom. The third-order valence-corrected chi connectivity index (χ3v) is 3.42. The molecule has 2 heterocycles. The van der Waals surface area contributed by atoms with E-state index in [9.17, 15) is 0 Å². The van der Waals surface area contributed by atoms with Crippen LogP contribution in [0.25, 0.3) is 0 Å². The fraction of sp³-hybridized carbons (Fsp3) is 0.500. The molecule has 1 aromatic heterocycles. The van der Waals surface area contributed by atoms with E-state index < -0.39 is 0 Å². The Kier molecular flexibility index (Phi) is 2.14. The van der Waals surface area contributed by atoms with Crippen molar-refractivity contribution in [2.75, 3.05) is 18.0 Å². The van der Waals surface area contributed by atoms with Crippen molar-refractivity contribution in [2.45, 2.75) is 6.92 Å². The van der Waals surface area contributed by atoms with Crippen molar-refractivity contribution < 1.29 is 0 Å². The summed E-state index contributed by atoms with van der Waals surface area (Å²) in [5.41, 5.74) is 0. The average molecular weight is 214 g/mol. The Hall–Kier alpha value is -0.790. The van der Waals surface area contributed by atoms with Crippen LogP contribution in [0.3, 0.4) is 0 Å². The third-order valence-electron chi connectivity index (χ3n) is 2.01. The summed E-state index contributed by atoms with van der Waals surface area (Å²) in [6.07, 6.45) is 0. The first-order chi connectivity index (χ1) is 6.20. The SMILES string of the molecule is CC1CN(c2nc(Cl)c(C#N)s2)C1. The van der Waals surface area contributed by atoms with Crippen molar-refractivity contribution in [2.24, 2.45) is 5.92 Å². The molecule has 0 saturated carbocycles. The Labute approximate surface area is 85.6 Å². The van der Waals surface area contributed by atoms with Gasteiger partial charge in [-0.1, -0.05) is 29.9 Å². The molecule has 0 bridgehead atoms. The minimum atomic E-state index is 0.335. The van der Waals surface area contributed by atoms with Gasteiger partial charge in [0.15, 0.2) is 10.3 Å². The number of thiazole rings is 1. The van der Waals surface area contributed by atoms with Crippen LogP contribution in [0.4, 0.5) is 5.13 Å². The molecule has 68 valence electrons. The molecule has 5 heteroatoms. The van der Waals surface area contributed by atoms with E-state index in [0.717, 1.165) is 24.1 Å². The molecular formula is C8H8ClN3S. The van der Waals surface area contributed by atoms with E-state index in [1.165, 1.54) is 11.3 Å². The highest BCUT2D eigenvalue weighted by Crippen LogP contribution is 2.32. The van der Waals surface area contributed by atoms with E-state index in [0.29, 0.717) is 10.0 Å². The molecular weight excluding hydrogens is 206 g/mol. The first kappa shape index (κ1) is 8.79. The van der Waals surface area contributed by atoms with Gasteiger partial charge < -0.3 is 4.90 Å². The highest BCUT2D eigenvalue weighted by atomic mass is 35.5. The summed E-state index contributed by atoms with van der Waals surface area (Å²) in [7, 11) is 0. The Balaban J connectivity index is 2.19. The number of nitriles is 1. The zero-order valence-electron chi connectivity index (χ0n) is 7.12. The Morgan fingerprint density at radius 2 is 2.38 bits per heavy atom. The van der Waals surface area contributed by atoms with E-state index in [1.807, 2.05) is 6.07 Å². The molecule has 1 saturated heterocycles. The van der Waals surface area contributed by atoms with Gasteiger partial charge in [0.1, 0.15) is 10.9 Å². The van der Waals surface area contributed by atoms with Gasteiger partial charge >= 0.3 is 0 Å². The molecule has 0 N–H and O–H groups in total. The highest BCUT2D eigenvalue weighted by Gasteiger charge is 2.26. The summed E-state index contributed by atoms with van der Waals surface area (Å²) < 4.78 is 0. The van der Waals surface area contributed by atoms with Crippen LogP contribution >= 0.6 is 22.9 Å².